The number of hydrogen-bond acceptors (Lipinski definition) is 0. The summed E-state index contributed by atoms with van der Waals surface area (Å²) in [5, 5.41) is 0. The van der Waals surface area contributed by atoms with E-state index < -0.39 is 29.1 Å². The lowest BCUT2D eigenvalue weighted by Gasteiger charge is -2.03. The van der Waals surface area contributed by atoms with Crippen LogP contribution in [0.2, 0.25) is 0 Å². The van der Waals surface area contributed by atoms with Crippen molar-refractivity contribution in [3.05, 3.63) is 105 Å². The number of unbranched alkanes of at least 4 members (excludes halogenated alkanes) is 1. The van der Waals surface area contributed by atoms with Crippen molar-refractivity contribution >= 4 is 0 Å². The van der Waals surface area contributed by atoms with Gasteiger partial charge in [0.25, 0.3) is 0 Å². The van der Waals surface area contributed by atoms with Crippen molar-refractivity contribution in [1.29, 1.82) is 0 Å². The highest BCUT2D eigenvalue weighted by Gasteiger charge is 2.10. The minimum absolute atomic E-state index is 0.00592. The van der Waals surface area contributed by atoms with Crippen LogP contribution in [0.15, 0.2) is 48.5 Å². The Labute approximate surface area is 177 Å². The minimum atomic E-state index is -1.54. The van der Waals surface area contributed by atoms with Crippen LogP contribution in [0.25, 0.3) is 0 Å². The quantitative estimate of drug-likeness (QED) is 0.255. The molecule has 0 heterocycles. The van der Waals surface area contributed by atoms with Gasteiger partial charge in [-0.05, 0) is 66.9 Å². The average molecular weight is 424 g/mol. The molecule has 0 aromatic heterocycles. The van der Waals surface area contributed by atoms with Crippen LogP contribution in [0, 0.1) is 52.8 Å². The maximum atomic E-state index is 14.2. The Balaban J connectivity index is 1.77. The maximum absolute atomic E-state index is 14.2. The van der Waals surface area contributed by atoms with Crippen LogP contribution in [0.4, 0.5) is 22.0 Å². The van der Waals surface area contributed by atoms with Crippen molar-refractivity contribution < 1.29 is 22.0 Å². The smallest absolute Gasteiger partial charge is 0.194 e. The van der Waals surface area contributed by atoms with Crippen LogP contribution in [0.3, 0.4) is 0 Å². The highest BCUT2D eigenvalue weighted by atomic mass is 19.2. The van der Waals surface area contributed by atoms with Crippen LogP contribution in [-0.2, 0) is 6.42 Å². The molecule has 3 rings (SSSR count). The Morgan fingerprint density at radius 1 is 0.613 bits per heavy atom. The van der Waals surface area contributed by atoms with Gasteiger partial charge in [0.05, 0.1) is 5.56 Å². The minimum Gasteiger partial charge on any atom is -0.206 e. The van der Waals surface area contributed by atoms with Gasteiger partial charge in [-0.3, -0.25) is 0 Å². The van der Waals surface area contributed by atoms with E-state index in [0.29, 0.717) is 23.1 Å². The van der Waals surface area contributed by atoms with Gasteiger partial charge in [-0.25, -0.2) is 22.0 Å². The second-order valence-electron chi connectivity index (χ2n) is 6.87. The van der Waals surface area contributed by atoms with Gasteiger partial charge in [0.15, 0.2) is 17.5 Å². The zero-order valence-corrected chi connectivity index (χ0v) is 16.6. The van der Waals surface area contributed by atoms with E-state index in [0.717, 1.165) is 25.0 Å². The van der Waals surface area contributed by atoms with E-state index in [1.54, 1.807) is 24.3 Å². The van der Waals surface area contributed by atoms with E-state index in [4.69, 9.17) is 0 Å². The fourth-order valence-corrected chi connectivity index (χ4v) is 2.81. The molecule has 0 atom stereocenters. The van der Waals surface area contributed by atoms with Gasteiger partial charge in [0, 0.05) is 16.7 Å². The molecule has 0 bridgehead atoms. The van der Waals surface area contributed by atoms with Crippen LogP contribution in [0.1, 0.15) is 47.6 Å². The summed E-state index contributed by atoms with van der Waals surface area (Å²) in [6.45, 7) is 2.01. The number of halogens is 5. The van der Waals surface area contributed by atoms with Crippen LogP contribution in [-0.4, -0.2) is 0 Å². The van der Waals surface area contributed by atoms with Gasteiger partial charge in [-0.1, -0.05) is 37.0 Å². The first-order valence-electron chi connectivity index (χ1n) is 9.64. The number of rotatable bonds is 3. The third kappa shape index (κ3) is 5.74. The van der Waals surface area contributed by atoms with Crippen molar-refractivity contribution in [1.82, 2.24) is 0 Å². The predicted molar refractivity (Wildman–Crippen MR) is 110 cm³/mol. The Bertz CT molecular complexity index is 1170. The summed E-state index contributed by atoms with van der Waals surface area (Å²) in [7, 11) is 0. The molecule has 5 heteroatoms. The van der Waals surface area contributed by atoms with Gasteiger partial charge in [-0.15, -0.1) is 0 Å². The van der Waals surface area contributed by atoms with E-state index in [-0.39, 0.29) is 11.1 Å². The van der Waals surface area contributed by atoms with Gasteiger partial charge in [-0.2, -0.15) is 0 Å². The zero-order chi connectivity index (χ0) is 22.4. The molecule has 0 aliphatic rings. The molecule has 0 unspecified atom stereocenters. The maximum Gasteiger partial charge on any atom is 0.194 e. The van der Waals surface area contributed by atoms with Crippen molar-refractivity contribution in [2.24, 2.45) is 0 Å². The number of benzene rings is 3. The van der Waals surface area contributed by atoms with Gasteiger partial charge in [0.2, 0.25) is 0 Å². The lowest BCUT2D eigenvalue weighted by atomic mass is 10.0. The van der Waals surface area contributed by atoms with E-state index >= 15 is 0 Å². The van der Waals surface area contributed by atoms with Crippen molar-refractivity contribution in [3.8, 4) is 23.7 Å². The first-order chi connectivity index (χ1) is 14.9. The first-order valence-corrected chi connectivity index (χ1v) is 9.64. The molecule has 0 spiro atoms. The predicted octanol–water partition coefficient (Wildman–Crippen LogP) is 6.52. The topological polar surface area (TPSA) is 0 Å². The van der Waals surface area contributed by atoms with Crippen molar-refractivity contribution in [2.45, 2.75) is 26.2 Å². The van der Waals surface area contributed by atoms with E-state index in [1.807, 2.05) is 6.92 Å². The fourth-order valence-electron chi connectivity index (χ4n) is 2.81. The lowest BCUT2D eigenvalue weighted by molar-refractivity contribution is 0.446. The second-order valence-corrected chi connectivity index (χ2v) is 6.87. The highest BCUT2D eigenvalue weighted by molar-refractivity contribution is 5.48. The van der Waals surface area contributed by atoms with E-state index in [2.05, 4.69) is 23.7 Å². The third-order valence-electron chi connectivity index (χ3n) is 4.47. The molecule has 0 saturated carbocycles. The largest absolute Gasteiger partial charge is 0.206 e. The molecule has 0 N–H and O–H groups in total. The molecule has 31 heavy (non-hydrogen) atoms. The Morgan fingerprint density at radius 3 is 1.61 bits per heavy atom. The summed E-state index contributed by atoms with van der Waals surface area (Å²) in [6, 6.07) is 10.7. The van der Waals surface area contributed by atoms with Crippen LogP contribution in [0.5, 0.6) is 0 Å². The normalized spacial score (nSPS) is 10.1. The average Bonchev–Trinajstić information content (AvgIpc) is 2.74. The fraction of sp³-hybridized carbons (Fsp3) is 0.154. The number of hydrogen-bond donors (Lipinski definition) is 0. The van der Waals surface area contributed by atoms with Crippen LogP contribution < -0.4 is 0 Å². The standard InChI is InChI=1S/C26H17F5/c1-2-3-4-19-13-22(27)21(23(28)14-19)12-11-18-7-5-17(6-8-18)9-10-20-15-24(29)26(31)25(30)16-20/h5-8,13-16H,2-4H2,1H3. The summed E-state index contributed by atoms with van der Waals surface area (Å²) >= 11 is 0. The van der Waals surface area contributed by atoms with Crippen molar-refractivity contribution in [2.75, 3.05) is 0 Å². The van der Waals surface area contributed by atoms with Gasteiger partial charge in [0.1, 0.15) is 11.6 Å². The Hall–Kier alpha value is -3.57. The second kappa shape index (κ2) is 9.96. The molecule has 3 aromatic rings. The molecular weight excluding hydrogens is 407 g/mol. The summed E-state index contributed by atoms with van der Waals surface area (Å²) in [5.41, 5.74) is 1.34. The molecule has 0 radical (unpaired) electrons. The summed E-state index contributed by atoms with van der Waals surface area (Å²) in [6.07, 6.45) is 2.39. The molecule has 0 nitrogen and oxygen atoms in total. The van der Waals surface area contributed by atoms with E-state index in [1.165, 1.54) is 12.1 Å². The van der Waals surface area contributed by atoms with E-state index in [9.17, 15) is 22.0 Å². The lowest BCUT2D eigenvalue weighted by Crippen LogP contribution is -1.95. The van der Waals surface area contributed by atoms with Gasteiger partial charge < -0.3 is 0 Å². The molecular formula is C26H17F5. The molecule has 0 fully saturated rings. The van der Waals surface area contributed by atoms with Crippen molar-refractivity contribution in [3.63, 3.8) is 0 Å². The summed E-state index contributed by atoms with van der Waals surface area (Å²) < 4.78 is 67.8. The monoisotopic (exact) mass is 424 g/mol. The summed E-state index contributed by atoms with van der Waals surface area (Å²) in [5.74, 6) is 4.92. The Kier molecular flexibility index (Phi) is 7.11. The third-order valence-corrected chi connectivity index (χ3v) is 4.47. The molecule has 0 aliphatic carbocycles. The molecule has 3 aromatic carbocycles. The SMILES string of the molecule is CCCCc1cc(F)c(C#Cc2ccc(C#Cc3cc(F)c(F)c(F)c3)cc2)c(F)c1. The first kappa shape index (κ1) is 22.1. The molecule has 0 amide bonds. The summed E-state index contributed by atoms with van der Waals surface area (Å²) in [4.78, 5) is 0. The molecule has 0 aliphatic heterocycles. The number of aryl methyl sites for hydroxylation is 1. The molecule has 156 valence electrons. The Morgan fingerprint density at radius 2 is 1.10 bits per heavy atom. The van der Waals surface area contributed by atoms with Crippen LogP contribution >= 0.6 is 0 Å². The zero-order valence-electron chi connectivity index (χ0n) is 16.6. The highest BCUT2D eigenvalue weighted by Crippen LogP contribution is 2.17. The van der Waals surface area contributed by atoms with Gasteiger partial charge >= 0.3 is 0 Å². The molecule has 0 saturated heterocycles.